The first-order valence-electron chi connectivity index (χ1n) is 8.62. The standard InChI is InChI=1S/C18H22BrNO3/c1-9(20-17(21)13-7-15(19)18(22)23-8-13)16-12-3-2-11-4-10(5-12)6-14(11)16/h7-12,14,16H,2-6H2,1H3,(H,20,21)/t9-,10+,11+,12-,14+,16-/m1/s1. The van der Waals surface area contributed by atoms with E-state index in [2.05, 4.69) is 28.2 Å². The number of hydrogen-bond donors (Lipinski definition) is 1. The second-order valence-corrected chi connectivity index (χ2v) is 8.50. The topological polar surface area (TPSA) is 59.3 Å². The van der Waals surface area contributed by atoms with Crippen LogP contribution in [-0.2, 0) is 0 Å². The Labute approximate surface area is 144 Å². The monoisotopic (exact) mass is 379 g/mol. The van der Waals surface area contributed by atoms with Gasteiger partial charge in [0.15, 0.2) is 0 Å². The summed E-state index contributed by atoms with van der Waals surface area (Å²) >= 11 is 3.12. The number of nitrogens with one attached hydrogen (secondary N) is 1. The molecule has 0 unspecified atom stereocenters. The van der Waals surface area contributed by atoms with Crippen LogP contribution in [0.4, 0.5) is 0 Å². The van der Waals surface area contributed by atoms with Crippen LogP contribution >= 0.6 is 15.9 Å². The van der Waals surface area contributed by atoms with Crippen LogP contribution < -0.4 is 10.9 Å². The summed E-state index contributed by atoms with van der Waals surface area (Å²) < 4.78 is 5.16. The molecule has 4 rings (SSSR count). The Morgan fingerprint density at radius 1 is 1.30 bits per heavy atom. The maximum absolute atomic E-state index is 12.5. The molecule has 1 N–H and O–H groups in total. The van der Waals surface area contributed by atoms with Crippen molar-refractivity contribution in [2.45, 2.75) is 45.1 Å². The lowest BCUT2D eigenvalue weighted by atomic mass is 9.62. The average molecular weight is 380 g/mol. The third-order valence-corrected chi connectivity index (χ3v) is 6.95. The van der Waals surface area contributed by atoms with Gasteiger partial charge in [-0.3, -0.25) is 4.79 Å². The second kappa shape index (κ2) is 5.76. The molecule has 0 radical (unpaired) electrons. The fourth-order valence-electron chi connectivity index (χ4n) is 5.63. The molecule has 3 fully saturated rings. The third kappa shape index (κ3) is 2.67. The van der Waals surface area contributed by atoms with Crippen molar-refractivity contribution in [2.75, 3.05) is 0 Å². The molecule has 5 heteroatoms. The van der Waals surface area contributed by atoms with Crippen molar-refractivity contribution in [1.82, 2.24) is 5.32 Å². The van der Waals surface area contributed by atoms with Crippen LogP contribution in [0.5, 0.6) is 0 Å². The van der Waals surface area contributed by atoms with Gasteiger partial charge in [-0.2, -0.15) is 0 Å². The van der Waals surface area contributed by atoms with Crippen LogP contribution in [0.2, 0.25) is 0 Å². The Balaban J connectivity index is 1.49. The molecule has 4 nitrogen and oxygen atoms in total. The Kier molecular flexibility index (Phi) is 3.87. The van der Waals surface area contributed by atoms with Gasteiger partial charge in [0, 0.05) is 6.04 Å². The molecule has 3 aliphatic carbocycles. The molecular weight excluding hydrogens is 358 g/mol. The minimum Gasteiger partial charge on any atom is -0.430 e. The van der Waals surface area contributed by atoms with E-state index in [4.69, 9.17) is 4.42 Å². The van der Waals surface area contributed by atoms with Crippen molar-refractivity contribution in [3.05, 3.63) is 32.8 Å². The molecule has 0 spiro atoms. The summed E-state index contributed by atoms with van der Waals surface area (Å²) in [7, 11) is 0. The van der Waals surface area contributed by atoms with E-state index in [0.29, 0.717) is 11.5 Å². The van der Waals surface area contributed by atoms with Gasteiger partial charge in [0.1, 0.15) is 10.7 Å². The van der Waals surface area contributed by atoms with Crippen LogP contribution in [0, 0.1) is 29.6 Å². The van der Waals surface area contributed by atoms with Crippen LogP contribution in [0.1, 0.15) is 49.4 Å². The second-order valence-electron chi connectivity index (χ2n) is 7.64. The van der Waals surface area contributed by atoms with Crippen LogP contribution in [0.25, 0.3) is 0 Å². The van der Waals surface area contributed by atoms with Gasteiger partial charge in [-0.1, -0.05) is 0 Å². The van der Waals surface area contributed by atoms with Crippen molar-refractivity contribution in [1.29, 1.82) is 0 Å². The highest BCUT2D eigenvalue weighted by molar-refractivity contribution is 9.10. The highest BCUT2D eigenvalue weighted by Gasteiger charge is 2.51. The van der Waals surface area contributed by atoms with E-state index < -0.39 is 5.63 Å². The average Bonchev–Trinajstić information content (AvgIpc) is 2.72. The van der Waals surface area contributed by atoms with E-state index in [1.807, 2.05) is 0 Å². The summed E-state index contributed by atoms with van der Waals surface area (Å²) in [6, 6.07) is 1.71. The highest BCUT2D eigenvalue weighted by Crippen LogP contribution is 2.58. The molecule has 0 aromatic carbocycles. The van der Waals surface area contributed by atoms with Crippen molar-refractivity contribution >= 4 is 21.8 Å². The number of carbonyl (C=O) groups is 1. The van der Waals surface area contributed by atoms with Gasteiger partial charge in [-0.25, -0.2) is 4.79 Å². The number of halogens is 1. The normalized spacial score (nSPS) is 36.0. The largest absolute Gasteiger partial charge is 0.430 e. The fourth-order valence-corrected chi connectivity index (χ4v) is 5.97. The molecule has 0 aliphatic heterocycles. The smallest absolute Gasteiger partial charge is 0.350 e. The van der Waals surface area contributed by atoms with E-state index in [0.717, 1.165) is 23.7 Å². The van der Waals surface area contributed by atoms with Crippen LogP contribution in [0.15, 0.2) is 26.0 Å². The lowest BCUT2D eigenvalue weighted by molar-refractivity contribution is 0.0518. The van der Waals surface area contributed by atoms with Crippen LogP contribution in [-0.4, -0.2) is 11.9 Å². The number of rotatable bonds is 3. The molecule has 3 aliphatic rings. The molecule has 3 bridgehead atoms. The minimum absolute atomic E-state index is 0.155. The van der Waals surface area contributed by atoms with E-state index in [9.17, 15) is 9.59 Å². The number of fused-ring (bicyclic) bond motifs is 2. The lowest BCUT2D eigenvalue weighted by Crippen LogP contribution is -2.48. The first kappa shape index (κ1) is 15.4. The minimum atomic E-state index is -0.462. The summed E-state index contributed by atoms with van der Waals surface area (Å²) in [4.78, 5) is 23.8. The predicted octanol–water partition coefficient (Wildman–Crippen LogP) is 3.59. The number of hydrogen-bond acceptors (Lipinski definition) is 3. The predicted molar refractivity (Wildman–Crippen MR) is 90.1 cm³/mol. The molecular formula is C18H22BrNO3. The zero-order chi connectivity index (χ0) is 16.1. The van der Waals surface area contributed by atoms with E-state index in [1.165, 1.54) is 44.4 Å². The third-order valence-electron chi connectivity index (χ3n) is 6.40. The van der Waals surface area contributed by atoms with Crippen molar-refractivity contribution in [3.63, 3.8) is 0 Å². The SMILES string of the molecule is C[C@@H](NC(=O)c1coc(=O)c(Br)c1)[C@@H]1[C@@H]2CC[C@H]3C[C@@H](C2)C[C@@H]31. The zero-order valence-electron chi connectivity index (χ0n) is 13.3. The van der Waals surface area contributed by atoms with Gasteiger partial charge in [0.25, 0.3) is 5.91 Å². The maximum atomic E-state index is 12.5. The van der Waals surface area contributed by atoms with Crippen molar-refractivity contribution in [2.24, 2.45) is 29.6 Å². The molecule has 1 amide bonds. The van der Waals surface area contributed by atoms with E-state index in [-0.39, 0.29) is 16.4 Å². The van der Waals surface area contributed by atoms with E-state index in [1.54, 1.807) is 0 Å². The highest BCUT2D eigenvalue weighted by atomic mass is 79.9. The number of carbonyl (C=O) groups excluding carboxylic acids is 1. The Bertz CT molecular complexity index is 685. The van der Waals surface area contributed by atoms with Crippen molar-refractivity contribution in [3.8, 4) is 0 Å². The molecule has 1 aromatic rings. The fraction of sp³-hybridized carbons (Fsp3) is 0.667. The number of amides is 1. The Morgan fingerprint density at radius 3 is 2.83 bits per heavy atom. The lowest BCUT2D eigenvalue weighted by Gasteiger charge is -2.45. The maximum Gasteiger partial charge on any atom is 0.350 e. The van der Waals surface area contributed by atoms with Gasteiger partial charge in [0.2, 0.25) is 0 Å². The van der Waals surface area contributed by atoms with Gasteiger partial charge in [-0.05, 0) is 90.6 Å². The summed E-state index contributed by atoms with van der Waals surface area (Å²) in [5.74, 6) is 3.84. The summed E-state index contributed by atoms with van der Waals surface area (Å²) in [5.41, 5.74) is -0.0650. The van der Waals surface area contributed by atoms with Gasteiger partial charge in [-0.15, -0.1) is 0 Å². The molecule has 6 atom stereocenters. The van der Waals surface area contributed by atoms with E-state index >= 15 is 0 Å². The molecule has 1 aromatic heterocycles. The molecule has 0 saturated heterocycles. The summed E-state index contributed by atoms with van der Waals surface area (Å²) in [6.45, 7) is 2.14. The van der Waals surface area contributed by atoms with Crippen LogP contribution in [0.3, 0.4) is 0 Å². The van der Waals surface area contributed by atoms with Gasteiger partial charge >= 0.3 is 5.63 Å². The Hall–Kier alpha value is -1.10. The molecule has 124 valence electrons. The van der Waals surface area contributed by atoms with Gasteiger partial charge in [0.05, 0.1) is 5.56 Å². The summed E-state index contributed by atoms with van der Waals surface area (Å²) in [5, 5.41) is 3.16. The van der Waals surface area contributed by atoms with Crippen molar-refractivity contribution < 1.29 is 9.21 Å². The molecule has 3 saturated carbocycles. The van der Waals surface area contributed by atoms with Gasteiger partial charge < -0.3 is 9.73 Å². The quantitative estimate of drug-likeness (QED) is 0.872. The molecule has 23 heavy (non-hydrogen) atoms. The first-order chi connectivity index (χ1) is 11.0. The Morgan fingerprint density at radius 2 is 2.04 bits per heavy atom. The molecule has 1 heterocycles. The zero-order valence-corrected chi connectivity index (χ0v) is 14.8. The first-order valence-corrected chi connectivity index (χ1v) is 9.41. The summed E-state index contributed by atoms with van der Waals surface area (Å²) in [6.07, 6.45) is 8.08.